The Labute approximate surface area is 370 Å². The summed E-state index contributed by atoms with van der Waals surface area (Å²) in [5, 5.41) is 5.75. The van der Waals surface area contributed by atoms with Crippen LogP contribution in [0.5, 0.6) is 0 Å². The first kappa shape index (κ1) is 51.9. The molecule has 0 aromatic heterocycles. The summed E-state index contributed by atoms with van der Waals surface area (Å²) < 4.78 is 7.45. The number of rotatable bonds is 11. The summed E-state index contributed by atoms with van der Waals surface area (Å²) in [5.74, 6) is 0.738. The predicted octanol–water partition coefficient (Wildman–Crippen LogP) is 12.1. The average molecular weight is 883 g/mol. The Morgan fingerprint density at radius 1 is 0.509 bits per heavy atom. The van der Waals surface area contributed by atoms with E-state index >= 15 is 0 Å². The third-order valence-corrected chi connectivity index (χ3v) is 16.8. The van der Waals surface area contributed by atoms with Crippen LogP contribution in [0, 0.1) is 59.3 Å². The van der Waals surface area contributed by atoms with Crippen molar-refractivity contribution in [2.45, 2.75) is 39.2 Å². The molecule has 2 fully saturated rings. The van der Waals surface area contributed by atoms with Crippen molar-refractivity contribution >= 4 is 37.3 Å². The molecule has 2 radical (unpaired) electrons. The molecule has 1 nitrogen and oxygen atoms in total. The Morgan fingerprint density at radius 2 is 0.842 bits per heavy atom. The van der Waals surface area contributed by atoms with Gasteiger partial charge in [-0.1, -0.05) is 98.8 Å². The van der Waals surface area contributed by atoms with Gasteiger partial charge in [0.15, 0.2) is 8.15 Å². The fraction of sp³-hybridized carbons (Fsp3) is 0.192. The Hall–Kier alpha value is -3.11. The van der Waals surface area contributed by atoms with Crippen LogP contribution in [0.2, 0.25) is 0 Å². The van der Waals surface area contributed by atoms with Crippen molar-refractivity contribution in [3.63, 3.8) is 0 Å². The minimum atomic E-state index is -1.34. The van der Waals surface area contributed by atoms with Crippen molar-refractivity contribution in [2.24, 2.45) is 16.7 Å². The quantitative estimate of drug-likeness (QED) is 0.0930. The molecular weight excluding hydrogens is 820 g/mol. The fourth-order valence-electron chi connectivity index (χ4n) is 8.49. The van der Waals surface area contributed by atoms with Gasteiger partial charge < -0.3 is 29.7 Å². The van der Waals surface area contributed by atoms with Crippen molar-refractivity contribution in [3.8, 4) is 0 Å². The largest absolute Gasteiger partial charge is 0.358 e. The van der Waals surface area contributed by atoms with E-state index < -0.39 is 16.1 Å². The maximum absolute atomic E-state index is 7.45. The summed E-state index contributed by atoms with van der Waals surface area (Å²) in [5.41, 5.74) is 2.93. The van der Waals surface area contributed by atoms with Crippen LogP contribution in [0.25, 0.3) is 0 Å². The molecule has 57 heavy (non-hydrogen) atoms. The molecule has 6 aromatic rings. The monoisotopic (exact) mass is 882 g/mol. The number of hydrogen-bond donors (Lipinski definition) is 0. The molecule has 308 valence electrons. The molecular formula is C52H62Co2OP2-4. The first-order valence-corrected chi connectivity index (χ1v) is 21.5. The predicted molar refractivity (Wildman–Crippen MR) is 250 cm³/mol. The Kier molecular flexibility index (Phi) is 22.5. The minimum absolute atomic E-state index is 0. The van der Waals surface area contributed by atoms with E-state index in [0.29, 0.717) is 6.10 Å². The summed E-state index contributed by atoms with van der Waals surface area (Å²) >= 11 is 0. The van der Waals surface area contributed by atoms with Gasteiger partial charge in [-0.2, -0.15) is 24.3 Å². The number of fused-ring (bicyclic) bond motifs is 2. The van der Waals surface area contributed by atoms with Gasteiger partial charge in [0.2, 0.25) is 0 Å². The van der Waals surface area contributed by atoms with E-state index in [1.807, 2.05) is 36.4 Å². The van der Waals surface area contributed by atoms with Gasteiger partial charge in [0.25, 0.3) is 0 Å². The smallest absolute Gasteiger partial charge is 0.198 e. The second kappa shape index (κ2) is 24.7. The van der Waals surface area contributed by atoms with Gasteiger partial charge >= 0.3 is 0 Å². The van der Waals surface area contributed by atoms with Crippen LogP contribution >= 0.6 is 16.1 Å². The zero-order valence-corrected chi connectivity index (χ0v) is 38.6. The van der Waals surface area contributed by atoms with E-state index in [9.17, 15) is 0 Å². The minimum Gasteiger partial charge on any atom is -0.358 e. The third-order valence-electron chi connectivity index (χ3n) is 11.5. The molecule has 8 rings (SSSR count). The van der Waals surface area contributed by atoms with Gasteiger partial charge in [0.05, 0.1) is 24.7 Å². The molecule has 0 amide bonds. The van der Waals surface area contributed by atoms with Crippen LogP contribution in [0.15, 0.2) is 182 Å². The van der Waals surface area contributed by atoms with Gasteiger partial charge in [0.1, 0.15) is 16.7 Å². The maximum atomic E-state index is 7.45. The first-order chi connectivity index (χ1) is 25.0. The SMILES string of the molecule is CC1(C)C2CCC1(C[PH+](c1ccccc1)c1ccccc1)C(O[PH+](c1ccccc1)c1ccccc1)C2.[CH3-].[CH3-].[CH3-].[CH3-].[Co].[Co].c1ccc([CH-][CH-]c2ccccc2)cc1. The van der Waals surface area contributed by atoms with Gasteiger partial charge in [-0.15, -0.1) is 24.3 Å². The van der Waals surface area contributed by atoms with Crippen LogP contribution in [-0.2, 0) is 38.1 Å². The topological polar surface area (TPSA) is 9.23 Å². The molecule has 0 heterocycles. The van der Waals surface area contributed by atoms with E-state index in [1.165, 1.54) is 57.8 Å². The molecule has 3 unspecified atom stereocenters. The Bertz CT molecular complexity index is 1790. The van der Waals surface area contributed by atoms with Gasteiger partial charge in [0, 0.05) is 39.0 Å². The molecule has 6 aromatic carbocycles. The zero-order chi connectivity index (χ0) is 34.9. The zero-order valence-electron chi connectivity index (χ0n) is 34.5. The standard InChI is InChI=1S/C34H36OP2.C14H12.4CH3.2Co/c1-33(2)27-23-24-34(33,26-36(28-15-7-3-8-16-28)29-17-9-4-10-18-29)32(25-27)35-37(30-19-11-5-12-20-30)31-21-13-6-14-22-31;1-3-7-13(8-4-1)11-12-14-9-5-2-6-10-14;;;;;;/h3-22,27,32H,23-26H2,1-2H3;1-12H;4*1H3;;/q;-2;4*-1;;/p+2. The molecule has 0 N–H and O–H groups in total. The molecule has 3 atom stereocenters. The molecule has 2 aliphatic carbocycles. The number of hydrogen-bond acceptors (Lipinski definition) is 1. The van der Waals surface area contributed by atoms with Crippen molar-refractivity contribution in [3.05, 3.63) is 236 Å². The van der Waals surface area contributed by atoms with Crippen molar-refractivity contribution in [1.29, 1.82) is 0 Å². The molecule has 5 heteroatoms. The average Bonchev–Trinajstić information content (AvgIpc) is 3.57. The van der Waals surface area contributed by atoms with Gasteiger partial charge in [-0.3, -0.25) is 0 Å². The van der Waals surface area contributed by atoms with Gasteiger partial charge in [-0.25, -0.2) is 28.5 Å². The molecule has 2 bridgehead atoms. The summed E-state index contributed by atoms with van der Waals surface area (Å²) in [6, 6.07) is 65.3. The fourth-order valence-corrected chi connectivity index (χ4v) is 14.1. The van der Waals surface area contributed by atoms with E-state index in [0.717, 1.165) is 5.92 Å². The van der Waals surface area contributed by atoms with Gasteiger partial charge in [-0.05, 0) is 79.1 Å². The molecule has 0 aliphatic heterocycles. The van der Waals surface area contributed by atoms with E-state index in [2.05, 4.69) is 172 Å². The summed E-state index contributed by atoms with van der Waals surface area (Å²) in [6.45, 7) is 5.11. The van der Waals surface area contributed by atoms with Crippen molar-refractivity contribution in [2.75, 3.05) is 6.16 Å². The molecule has 0 spiro atoms. The summed E-state index contributed by atoms with van der Waals surface area (Å²) in [6.07, 6.45) is 9.58. The maximum Gasteiger partial charge on any atom is 0.198 e. The second-order valence-electron chi connectivity index (χ2n) is 14.6. The third kappa shape index (κ3) is 12.2. The molecule has 0 saturated heterocycles. The molecule has 2 saturated carbocycles. The van der Waals surface area contributed by atoms with Crippen LogP contribution in [0.1, 0.15) is 44.2 Å². The van der Waals surface area contributed by atoms with Crippen molar-refractivity contribution < 1.29 is 38.1 Å². The molecule has 2 aliphatic rings. The van der Waals surface area contributed by atoms with Crippen LogP contribution in [-0.4, -0.2) is 12.3 Å². The van der Waals surface area contributed by atoms with Crippen LogP contribution < -0.4 is 21.2 Å². The summed E-state index contributed by atoms with van der Waals surface area (Å²) in [4.78, 5) is 0. The first-order valence-electron chi connectivity index (χ1n) is 18.4. The number of benzene rings is 6. The van der Waals surface area contributed by atoms with Crippen LogP contribution in [0.4, 0.5) is 0 Å². The Balaban J connectivity index is 0.000000698. The van der Waals surface area contributed by atoms with E-state index in [-0.39, 0.29) is 74.1 Å². The Morgan fingerprint density at radius 3 is 1.19 bits per heavy atom. The van der Waals surface area contributed by atoms with Crippen molar-refractivity contribution in [1.82, 2.24) is 0 Å². The van der Waals surface area contributed by atoms with E-state index in [1.54, 1.807) is 0 Å². The summed E-state index contributed by atoms with van der Waals surface area (Å²) in [7, 11) is -2.30. The second-order valence-corrected chi connectivity index (χ2v) is 19.1. The van der Waals surface area contributed by atoms with Crippen LogP contribution in [0.3, 0.4) is 0 Å². The normalized spacial score (nSPS) is 18.0. The van der Waals surface area contributed by atoms with E-state index in [4.69, 9.17) is 4.52 Å².